The molecule has 2 aromatic heterocycles. The summed E-state index contributed by atoms with van der Waals surface area (Å²) >= 11 is 3.89. The maximum Gasteiger partial charge on any atom is 0.0534 e. The maximum absolute atomic E-state index is 2.38. The molecule has 0 saturated carbocycles. The van der Waals surface area contributed by atoms with Crippen molar-refractivity contribution in [3.63, 3.8) is 0 Å². The first-order valence-corrected chi connectivity index (χ1v) is 13.1. The fourth-order valence-corrected chi connectivity index (χ4v) is 8.66. The fourth-order valence-electron chi connectivity index (χ4n) is 6.12. The van der Waals surface area contributed by atoms with E-state index in [1.807, 2.05) is 22.7 Å². The first-order valence-electron chi connectivity index (χ1n) is 11.5. The van der Waals surface area contributed by atoms with Gasteiger partial charge in [-0.15, -0.1) is 22.7 Å². The topological polar surface area (TPSA) is 0 Å². The molecule has 0 saturated heterocycles. The molecule has 0 amide bonds. The van der Waals surface area contributed by atoms with Gasteiger partial charge in [-0.3, -0.25) is 0 Å². The highest BCUT2D eigenvalue weighted by molar-refractivity contribution is 7.33. The van der Waals surface area contributed by atoms with Crippen molar-refractivity contribution in [2.75, 3.05) is 0 Å². The lowest BCUT2D eigenvalue weighted by molar-refractivity contribution is 0.661. The number of rotatable bonds is 0. The Morgan fingerprint density at radius 3 is 2.21 bits per heavy atom. The van der Waals surface area contributed by atoms with Crippen molar-refractivity contribution in [3.05, 3.63) is 96.1 Å². The van der Waals surface area contributed by atoms with Gasteiger partial charge in [0.15, 0.2) is 0 Å². The van der Waals surface area contributed by atoms with E-state index >= 15 is 0 Å². The summed E-state index contributed by atoms with van der Waals surface area (Å²) in [5.74, 6) is 0. The molecule has 0 aliphatic heterocycles. The number of thiophene rings is 2. The van der Waals surface area contributed by atoms with Crippen LogP contribution >= 0.6 is 22.7 Å². The van der Waals surface area contributed by atoms with Gasteiger partial charge >= 0.3 is 0 Å². The third-order valence-electron chi connectivity index (χ3n) is 7.67. The summed E-state index contributed by atoms with van der Waals surface area (Å²) in [7, 11) is 0. The van der Waals surface area contributed by atoms with E-state index in [1.54, 1.807) is 0 Å². The van der Waals surface area contributed by atoms with Crippen LogP contribution in [0, 0.1) is 0 Å². The Morgan fingerprint density at radius 2 is 1.27 bits per heavy atom. The van der Waals surface area contributed by atoms with Crippen molar-refractivity contribution in [3.8, 4) is 11.1 Å². The Bertz CT molecular complexity index is 1950. The third kappa shape index (κ3) is 2.16. The van der Waals surface area contributed by atoms with Gasteiger partial charge in [0, 0.05) is 36.4 Å². The molecule has 0 radical (unpaired) electrons. The van der Waals surface area contributed by atoms with Gasteiger partial charge in [0.2, 0.25) is 0 Å². The summed E-state index contributed by atoms with van der Waals surface area (Å²) in [5, 5.41) is 8.35. The van der Waals surface area contributed by atoms with Crippen molar-refractivity contribution in [1.29, 1.82) is 0 Å². The average Bonchev–Trinajstić information content (AvgIpc) is 3.47. The van der Waals surface area contributed by atoms with Gasteiger partial charge in [-0.25, -0.2) is 0 Å². The van der Waals surface area contributed by atoms with Gasteiger partial charge < -0.3 is 0 Å². The number of hydrogen-bond acceptors (Lipinski definition) is 2. The predicted molar refractivity (Wildman–Crippen MR) is 147 cm³/mol. The number of hydrogen-bond donors (Lipinski definition) is 0. The van der Waals surface area contributed by atoms with E-state index in [-0.39, 0.29) is 5.41 Å². The Morgan fingerprint density at radius 1 is 0.545 bits per heavy atom. The number of benzene rings is 5. The Hall–Kier alpha value is -3.20. The first kappa shape index (κ1) is 18.3. The van der Waals surface area contributed by atoms with E-state index in [1.165, 1.54) is 73.4 Å². The van der Waals surface area contributed by atoms with Crippen molar-refractivity contribution < 1.29 is 0 Å². The standard InChI is InChI=1S/C31H20S2/c1-31(2)22-9-5-3-8-20(22)27-23(31)15-11-17-12-16-25-28(26(17)27)21-14-13-19-18-7-4-6-10-24(18)32-29(19)30(21)33-25/h3-16H,1-2H3. The van der Waals surface area contributed by atoms with E-state index in [2.05, 4.69) is 98.8 Å². The maximum atomic E-state index is 2.38. The zero-order chi connectivity index (χ0) is 21.9. The smallest absolute Gasteiger partial charge is 0.0534 e. The largest absolute Gasteiger partial charge is 0.134 e. The first-order chi connectivity index (χ1) is 16.1. The monoisotopic (exact) mass is 456 g/mol. The lowest BCUT2D eigenvalue weighted by Gasteiger charge is -2.21. The van der Waals surface area contributed by atoms with Crippen molar-refractivity contribution in [2.24, 2.45) is 0 Å². The van der Waals surface area contributed by atoms with E-state index < -0.39 is 0 Å². The highest BCUT2D eigenvalue weighted by atomic mass is 32.1. The average molecular weight is 457 g/mol. The minimum Gasteiger partial charge on any atom is -0.134 e. The van der Waals surface area contributed by atoms with Gasteiger partial charge in [-0.05, 0) is 45.2 Å². The Labute approximate surface area is 199 Å². The van der Waals surface area contributed by atoms with Crippen LogP contribution in [0.5, 0.6) is 0 Å². The van der Waals surface area contributed by atoms with E-state index in [9.17, 15) is 0 Å². The molecule has 2 heterocycles. The van der Waals surface area contributed by atoms with Crippen LogP contribution in [0.25, 0.3) is 62.2 Å². The quantitative estimate of drug-likeness (QED) is 0.213. The molecule has 8 rings (SSSR count). The van der Waals surface area contributed by atoms with Crippen molar-refractivity contribution in [1.82, 2.24) is 0 Å². The Kier molecular flexibility index (Phi) is 3.33. The van der Waals surface area contributed by atoms with E-state index in [0.29, 0.717) is 0 Å². The molecule has 1 aliphatic carbocycles. The summed E-state index contributed by atoms with van der Waals surface area (Å²) < 4.78 is 5.62. The lowest BCUT2D eigenvalue weighted by atomic mass is 9.82. The lowest BCUT2D eigenvalue weighted by Crippen LogP contribution is -2.14. The SMILES string of the molecule is CC1(C)c2ccccc2-c2c1ccc1ccc3sc4c(ccc5c6ccccc6sc54)c3c21. The van der Waals surface area contributed by atoms with Crippen LogP contribution in [0.2, 0.25) is 0 Å². The Balaban J connectivity index is 1.61. The molecule has 0 atom stereocenters. The normalized spacial score (nSPS) is 14.6. The minimum atomic E-state index is 0.0207. The zero-order valence-electron chi connectivity index (χ0n) is 18.4. The molecule has 33 heavy (non-hydrogen) atoms. The molecular weight excluding hydrogens is 436 g/mol. The van der Waals surface area contributed by atoms with Crippen LogP contribution in [0.3, 0.4) is 0 Å². The molecule has 2 heteroatoms. The summed E-state index contributed by atoms with van der Waals surface area (Å²) in [6, 6.07) is 31.9. The second-order valence-corrected chi connectivity index (χ2v) is 11.8. The summed E-state index contributed by atoms with van der Waals surface area (Å²) in [6.07, 6.45) is 0. The molecule has 7 aromatic rings. The highest BCUT2D eigenvalue weighted by Crippen LogP contribution is 2.54. The van der Waals surface area contributed by atoms with Crippen molar-refractivity contribution in [2.45, 2.75) is 19.3 Å². The van der Waals surface area contributed by atoms with Gasteiger partial charge in [0.05, 0.1) is 9.40 Å². The minimum absolute atomic E-state index is 0.0207. The van der Waals surface area contributed by atoms with Gasteiger partial charge in [-0.1, -0.05) is 86.6 Å². The highest BCUT2D eigenvalue weighted by Gasteiger charge is 2.36. The molecule has 0 bridgehead atoms. The molecule has 5 aromatic carbocycles. The van der Waals surface area contributed by atoms with E-state index in [0.717, 1.165) is 0 Å². The van der Waals surface area contributed by atoms with Crippen LogP contribution in [0.1, 0.15) is 25.0 Å². The molecular formula is C31H20S2. The van der Waals surface area contributed by atoms with Crippen LogP contribution < -0.4 is 0 Å². The zero-order valence-corrected chi connectivity index (χ0v) is 20.0. The molecule has 1 aliphatic rings. The van der Waals surface area contributed by atoms with Crippen molar-refractivity contribution >= 4 is 73.8 Å². The second-order valence-electron chi connectivity index (χ2n) is 9.71. The molecule has 0 nitrogen and oxygen atoms in total. The molecule has 0 spiro atoms. The van der Waals surface area contributed by atoms with Crippen LogP contribution in [0.4, 0.5) is 0 Å². The predicted octanol–water partition coefficient (Wildman–Crippen LogP) is 9.88. The second kappa shape index (κ2) is 6.02. The van der Waals surface area contributed by atoms with E-state index in [4.69, 9.17) is 0 Å². The van der Waals surface area contributed by atoms with Crippen LogP contribution in [0.15, 0.2) is 84.9 Å². The molecule has 0 N–H and O–H groups in total. The van der Waals surface area contributed by atoms with Gasteiger partial charge in [0.25, 0.3) is 0 Å². The molecule has 156 valence electrons. The summed E-state index contributed by atoms with van der Waals surface area (Å²) in [6.45, 7) is 4.74. The third-order valence-corrected chi connectivity index (χ3v) is 10.2. The molecule has 0 fully saturated rings. The van der Waals surface area contributed by atoms with Crippen LogP contribution in [-0.2, 0) is 5.41 Å². The fraction of sp³-hybridized carbons (Fsp3) is 0.0968. The van der Waals surface area contributed by atoms with Gasteiger partial charge in [0.1, 0.15) is 0 Å². The summed E-state index contributed by atoms with van der Waals surface area (Å²) in [4.78, 5) is 0. The van der Waals surface area contributed by atoms with Gasteiger partial charge in [-0.2, -0.15) is 0 Å². The summed E-state index contributed by atoms with van der Waals surface area (Å²) in [5.41, 5.74) is 5.75. The number of fused-ring (bicyclic) bond motifs is 13. The molecule has 0 unspecified atom stereocenters. The van der Waals surface area contributed by atoms with Crippen LogP contribution in [-0.4, -0.2) is 0 Å².